The van der Waals surface area contributed by atoms with Crippen LogP contribution in [0.15, 0.2) is 67.9 Å². The second kappa shape index (κ2) is 10.1. The third kappa shape index (κ3) is 4.88. The van der Waals surface area contributed by atoms with Crippen molar-refractivity contribution in [1.29, 1.82) is 0 Å². The Morgan fingerprint density at radius 1 is 1.12 bits per heavy atom. The van der Waals surface area contributed by atoms with E-state index in [1.54, 1.807) is 41.9 Å². The van der Waals surface area contributed by atoms with Gasteiger partial charge in [0.15, 0.2) is 17.3 Å². The molecule has 1 fully saturated rings. The van der Waals surface area contributed by atoms with Crippen molar-refractivity contribution in [2.75, 3.05) is 29.9 Å². The Morgan fingerprint density at radius 3 is 2.78 bits per heavy atom. The summed E-state index contributed by atoms with van der Waals surface area (Å²) in [6, 6.07) is 10.5. The van der Waals surface area contributed by atoms with E-state index < -0.39 is 11.4 Å². The van der Waals surface area contributed by atoms with Crippen molar-refractivity contribution in [3.05, 3.63) is 79.3 Å². The first-order chi connectivity index (χ1) is 19.7. The molecule has 4 aromatic heterocycles. The minimum atomic E-state index is -0.473. The lowest BCUT2D eigenvalue weighted by molar-refractivity contribution is -0.131. The van der Waals surface area contributed by atoms with Crippen LogP contribution in [0.1, 0.15) is 19.4 Å². The van der Waals surface area contributed by atoms with Gasteiger partial charge in [-0.15, -0.1) is 0 Å². The molecule has 1 amide bonds. The van der Waals surface area contributed by atoms with Crippen LogP contribution in [0.2, 0.25) is 0 Å². The van der Waals surface area contributed by atoms with Gasteiger partial charge >= 0.3 is 0 Å². The fourth-order valence-electron chi connectivity index (χ4n) is 5.06. The lowest BCUT2D eigenvalue weighted by atomic mass is 9.98. The molecule has 0 unspecified atom stereocenters. The molecule has 0 spiro atoms. The van der Waals surface area contributed by atoms with Crippen LogP contribution in [0.4, 0.5) is 21.7 Å². The Labute approximate surface area is 235 Å². The van der Waals surface area contributed by atoms with Crippen molar-refractivity contribution in [2.45, 2.75) is 26.3 Å². The van der Waals surface area contributed by atoms with Crippen LogP contribution < -0.4 is 15.0 Å². The van der Waals surface area contributed by atoms with Gasteiger partial charge in [0.1, 0.15) is 35.5 Å². The molecule has 1 aliphatic heterocycles. The SMILES string of the molecule is C=CC(=O)N1CCN(c2ccc3ncnc(Nc4ccc(Oc5ccn6ncnc6c5)c(C)c4F)c3n2)CC1(C)C. The first-order valence-corrected chi connectivity index (χ1v) is 13.1. The van der Waals surface area contributed by atoms with Gasteiger partial charge in [-0.2, -0.15) is 5.10 Å². The van der Waals surface area contributed by atoms with Gasteiger partial charge in [-0.3, -0.25) is 4.79 Å². The summed E-state index contributed by atoms with van der Waals surface area (Å²) in [6.07, 6.45) is 5.94. The molecule has 208 valence electrons. The molecule has 1 N–H and O–H groups in total. The fraction of sp³-hybridized carbons (Fsp3) is 0.241. The quantitative estimate of drug-likeness (QED) is 0.300. The molecule has 0 atom stereocenters. The number of ether oxygens (including phenoxy) is 1. The van der Waals surface area contributed by atoms with Gasteiger partial charge < -0.3 is 19.9 Å². The van der Waals surface area contributed by atoms with Gasteiger partial charge in [0.05, 0.1) is 16.7 Å². The van der Waals surface area contributed by atoms with Gasteiger partial charge in [-0.1, -0.05) is 6.58 Å². The van der Waals surface area contributed by atoms with Crippen LogP contribution in [0, 0.1) is 12.7 Å². The summed E-state index contributed by atoms with van der Waals surface area (Å²) < 4.78 is 23.1. The zero-order valence-electron chi connectivity index (χ0n) is 22.9. The minimum Gasteiger partial charge on any atom is -0.457 e. The van der Waals surface area contributed by atoms with E-state index in [9.17, 15) is 4.79 Å². The Balaban J connectivity index is 1.26. The summed E-state index contributed by atoms with van der Waals surface area (Å²) in [5.41, 5.74) is 1.89. The standard InChI is InChI=1S/C29H28FN9O2/c1-5-25(40)38-13-12-37(15-29(38,3)4)23-9-7-21-27(36-23)28(33-16-31-21)35-20-6-8-22(18(2)26(20)30)41-19-10-11-39-24(14-19)32-17-34-39/h5-11,14,16-17H,1,12-13,15H2,2-4H3,(H,31,33,35). The molecule has 1 aromatic carbocycles. The first kappa shape index (κ1) is 26.1. The van der Waals surface area contributed by atoms with Crippen molar-refractivity contribution in [3.63, 3.8) is 0 Å². The largest absolute Gasteiger partial charge is 0.457 e. The van der Waals surface area contributed by atoms with Crippen molar-refractivity contribution in [1.82, 2.24) is 34.4 Å². The maximum absolute atomic E-state index is 15.6. The zero-order valence-corrected chi connectivity index (χ0v) is 22.9. The van der Waals surface area contributed by atoms with E-state index in [0.29, 0.717) is 59.2 Å². The van der Waals surface area contributed by atoms with Gasteiger partial charge in [0.25, 0.3) is 0 Å². The number of benzene rings is 1. The average Bonchev–Trinajstić information content (AvgIpc) is 3.44. The number of anilines is 3. The van der Waals surface area contributed by atoms with Crippen LogP contribution in [0.3, 0.4) is 0 Å². The Bertz CT molecular complexity index is 1800. The van der Waals surface area contributed by atoms with E-state index in [2.05, 4.69) is 36.8 Å². The molecule has 0 aliphatic carbocycles. The minimum absolute atomic E-state index is 0.0915. The maximum atomic E-state index is 15.6. The number of aromatic nitrogens is 6. The molecule has 0 bridgehead atoms. The van der Waals surface area contributed by atoms with Gasteiger partial charge in [0, 0.05) is 37.5 Å². The topological polar surface area (TPSA) is 114 Å². The van der Waals surface area contributed by atoms with Crippen molar-refractivity contribution in [2.24, 2.45) is 0 Å². The van der Waals surface area contributed by atoms with Crippen molar-refractivity contribution in [3.8, 4) is 11.5 Å². The summed E-state index contributed by atoms with van der Waals surface area (Å²) >= 11 is 0. The highest BCUT2D eigenvalue weighted by molar-refractivity contribution is 5.89. The number of nitrogens with zero attached hydrogens (tertiary/aromatic N) is 8. The number of pyridine rings is 2. The predicted octanol–water partition coefficient (Wildman–Crippen LogP) is 4.66. The number of rotatable bonds is 6. The summed E-state index contributed by atoms with van der Waals surface area (Å²) in [6.45, 7) is 11.0. The summed E-state index contributed by atoms with van der Waals surface area (Å²) in [7, 11) is 0. The van der Waals surface area contributed by atoms with Crippen LogP contribution in [0.25, 0.3) is 16.7 Å². The molecule has 1 aliphatic rings. The smallest absolute Gasteiger partial charge is 0.246 e. The number of amides is 1. The zero-order chi connectivity index (χ0) is 28.7. The number of nitrogens with one attached hydrogen (secondary N) is 1. The lowest BCUT2D eigenvalue weighted by Crippen LogP contribution is -2.61. The van der Waals surface area contributed by atoms with E-state index >= 15 is 4.39 Å². The second-order valence-corrected chi connectivity index (χ2v) is 10.4. The highest BCUT2D eigenvalue weighted by Crippen LogP contribution is 2.33. The number of piperazine rings is 1. The molecular formula is C29H28FN9O2. The molecule has 12 heteroatoms. The van der Waals surface area contributed by atoms with Crippen LogP contribution in [-0.2, 0) is 4.79 Å². The summed E-state index contributed by atoms with van der Waals surface area (Å²) in [4.78, 5) is 34.0. The van der Waals surface area contributed by atoms with E-state index in [1.807, 2.05) is 30.9 Å². The van der Waals surface area contributed by atoms with E-state index in [-0.39, 0.29) is 11.6 Å². The van der Waals surface area contributed by atoms with Gasteiger partial charge in [0.2, 0.25) is 5.91 Å². The molecule has 6 rings (SSSR count). The number of carbonyl (C=O) groups excluding carboxylic acids is 1. The Morgan fingerprint density at radius 2 is 1.98 bits per heavy atom. The molecule has 0 radical (unpaired) electrons. The predicted molar refractivity (Wildman–Crippen MR) is 153 cm³/mol. The average molecular weight is 554 g/mol. The summed E-state index contributed by atoms with van der Waals surface area (Å²) in [5, 5.41) is 7.16. The van der Waals surface area contributed by atoms with Crippen LogP contribution >= 0.6 is 0 Å². The van der Waals surface area contributed by atoms with E-state index in [0.717, 1.165) is 5.82 Å². The maximum Gasteiger partial charge on any atom is 0.246 e. The molecule has 0 saturated carbocycles. The number of hydrogen-bond acceptors (Lipinski definition) is 9. The number of carbonyl (C=O) groups is 1. The third-order valence-corrected chi connectivity index (χ3v) is 7.20. The molecule has 41 heavy (non-hydrogen) atoms. The Hall–Kier alpha value is -5.13. The highest BCUT2D eigenvalue weighted by atomic mass is 19.1. The monoisotopic (exact) mass is 553 g/mol. The second-order valence-electron chi connectivity index (χ2n) is 10.4. The van der Waals surface area contributed by atoms with Crippen molar-refractivity contribution >= 4 is 39.9 Å². The highest BCUT2D eigenvalue weighted by Gasteiger charge is 2.36. The number of halogens is 1. The third-order valence-electron chi connectivity index (χ3n) is 7.20. The van der Waals surface area contributed by atoms with E-state index in [1.165, 1.54) is 18.7 Å². The Kier molecular flexibility index (Phi) is 6.45. The summed E-state index contributed by atoms with van der Waals surface area (Å²) in [5.74, 6) is 1.43. The lowest BCUT2D eigenvalue weighted by Gasteiger charge is -2.47. The molecule has 5 aromatic rings. The molecule has 5 heterocycles. The number of fused-ring (bicyclic) bond motifs is 2. The van der Waals surface area contributed by atoms with Crippen LogP contribution in [0.5, 0.6) is 11.5 Å². The van der Waals surface area contributed by atoms with E-state index in [4.69, 9.17) is 9.72 Å². The van der Waals surface area contributed by atoms with Crippen LogP contribution in [-0.4, -0.2) is 65.5 Å². The first-order valence-electron chi connectivity index (χ1n) is 13.1. The molecular weight excluding hydrogens is 525 g/mol. The number of hydrogen-bond donors (Lipinski definition) is 1. The molecule has 11 nitrogen and oxygen atoms in total. The molecule has 1 saturated heterocycles. The van der Waals surface area contributed by atoms with Gasteiger partial charge in [-0.25, -0.2) is 28.8 Å². The van der Waals surface area contributed by atoms with Crippen molar-refractivity contribution < 1.29 is 13.9 Å². The van der Waals surface area contributed by atoms with Gasteiger partial charge in [-0.05, 0) is 57.2 Å². The normalized spacial score (nSPS) is 14.8. The fourth-order valence-corrected chi connectivity index (χ4v) is 5.06.